The molecule has 2 heterocycles. The van der Waals surface area contributed by atoms with Gasteiger partial charge in [-0.2, -0.15) is 0 Å². The number of hydrogen-bond acceptors (Lipinski definition) is 5. The van der Waals surface area contributed by atoms with Crippen LogP contribution in [0.3, 0.4) is 0 Å². The van der Waals surface area contributed by atoms with Gasteiger partial charge in [-0.3, -0.25) is 0 Å². The molecular formula is C15H15BrN4O2. The van der Waals surface area contributed by atoms with Crippen LogP contribution in [-0.4, -0.2) is 40.2 Å². The van der Waals surface area contributed by atoms with E-state index in [0.717, 1.165) is 24.0 Å². The fourth-order valence-corrected chi connectivity index (χ4v) is 3.06. The lowest BCUT2D eigenvalue weighted by Gasteiger charge is -2.20. The van der Waals surface area contributed by atoms with E-state index in [1.165, 1.54) is 18.1 Å². The highest BCUT2D eigenvalue weighted by atomic mass is 79.9. The van der Waals surface area contributed by atoms with Crippen LogP contribution >= 0.6 is 15.9 Å². The van der Waals surface area contributed by atoms with Crippen LogP contribution in [-0.2, 0) is 0 Å². The lowest BCUT2D eigenvalue weighted by atomic mass is 10.2. The van der Waals surface area contributed by atoms with Crippen molar-refractivity contribution in [3.05, 3.63) is 46.8 Å². The number of anilines is 2. The van der Waals surface area contributed by atoms with E-state index in [4.69, 9.17) is 5.11 Å². The lowest BCUT2D eigenvalue weighted by Crippen LogP contribution is -2.26. The Labute approximate surface area is 136 Å². The molecule has 2 N–H and O–H groups in total. The van der Waals surface area contributed by atoms with Crippen LogP contribution in [0.2, 0.25) is 0 Å². The number of carboxylic acid groups (broad SMARTS) is 1. The van der Waals surface area contributed by atoms with Crippen molar-refractivity contribution in [1.29, 1.82) is 0 Å². The summed E-state index contributed by atoms with van der Waals surface area (Å²) in [4.78, 5) is 21.0. The van der Waals surface area contributed by atoms with Gasteiger partial charge in [0.05, 0.1) is 18.1 Å². The van der Waals surface area contributed by atoms with Gasteiger partial charge >= 0.3 is 5.97 Å². The summed E-state index contributed by atoms with van der Waals surface area (Å²) in [6, 6.07) is 8.41. The molecule has 0 amide bonds. The van der Waals surface area contributed by atoms with Crippen molar-refractivity contribution >= 4 is 33.4 Å². The molecule has 3 rings (SSSR count). The Morgan fingerprint density at radius 1 is 1.32 bits per heavy atom. The van der Waals surface area contributed by atoms with E-state index in [9.17, 15) is 4.79 Å². The molecule has 0 saturated carbocycles. The second-order valence-corrected chi connectivity index (χ2v) is 5.97. The van der Waals surface area contributed by atoms with Crippen LogP contribution in [0.5, 0.6) is 0 Å². The average Bonchev–Trinajstić information content (AvgIpc) is 2.96. The van der Waals surface area contributed by atoms with Crippen molar-refractivity contribution < 1.29 is 9.90 Å². The number of carboxylic acids is 1. The number of para-hydroxylation sites is 1. The monoisotopic (exact) mass is 362 g/mol. The minimum absolute atomic E-state index is 0.0492. The number of nitrogens with one attached hydrogen (secondary N) is 1. The van der Waals surface area contributed by atoms with Gasteiger partial charge in [-0.15, -0.1) is 0 Å². The quantitative estimate of drug-likeness (QED) is 0.870. The van der Waals surface area contributed by atoms with Gasteiger partial charge in [0, 0.05) is 23.6 Å². The van der Waals surface area contributed by atoms with Gasteiger partial charge < -0.3 is 15.3 Å². The van der Waals surface area contributed by atoms with Crippen molar-refractivity contribution in [3.63, 3.8) is 0 Å². The third-order valence-electron chi connectivity index (χ3n) is 3.60. The van der Waals surface area contributed by atoms with E-state index in [-0.39, 0.29) is 11.7 Å². The zero-order chi connectivity index (χ0) is 15.5. The summed E-state index contributed by atoms with van der Waals surface area (Å²) < 4.78 is 1.08. The van der Waals surface area contributed by atoms with Crippen LogP contribution in [0.1, 0.15) is 16.9 Å². The van der Waals surface area contributed by atoms with E-state index in [1.54, 1.807) is 0 Å². The Morgan fingerprint density at radius 3 is 2.82 bits per heavy atom. The number of aromatic carboxylic acids is 1. The number of nitrogens with zero attached hydrogens (tertiary/aromatic N) is 3. The topological polar surface area (TPSA) is 78.3 Å². The van der Waals surface area contributed by atoms with Gasteiger partial charge in [0.1, 0.15) is 5.82 Å². The summed E-state index contributed by atoms with van der Waals surface area (Å²) in [6.07, 6.45) is 3.72. The first-order valence-corrected chi connectivity index (χ1v) is 7.74. The highest BCUT2D eigenvalue weighted by Crippen LogP contribution is 2.29. The van der Waals surface area contributed by atoms with Gasteiger partial charge in [0.2, 0.25) is 0 Å². The van der Waals surface area contributed by atoms with Crippen LogP contribution in [0.4, 0.5) is 11.5 Å². The third kappa shape index (κ3) is 3.19. The number of halogens is 1. The molecule has 1 unspecified atom stereocenters. The number of hydrogen-bond donors (Lipinski definition) is 2. The Balaban J connectivity index is 1.63. The minimum Gasteiger partial charge on any atom is -0.476 e. The molecule has 114 valence electrons. The fourth-order valence-electron chi connectivity index (χ4n) is 2.53. The normalized spacial score (nSPS) is 17.5. The zero-order valence-electron chi connectivity index (χ0n) is 11.7. The van der Waals surface area contributed by atoms with E-state index in [1.807, 2.05) is 18.2 Å². The molecule has 0 spiro atoms. The first-order chi connectivity index (χ1) is 10.6. The summed E-state index contributed by atoms with van der Waals surface area (Å²) in [6.45, 7) is 1.83. The molecule has 1 saturated heterocycles. The molecule has 0 bridgehead atoms. The van der Waals surface area contributed by atoms with Gasteiger partial charge in [-0.05, 0) is 34.5 Å². The molecule has 0 aliphatic carbocycles. The van der Waals surface area contributed by atoms with Gasteiger partial charge in [-0.25, -0.2) is 14.8 Å². The van der Waals surface area contributed by atoms with E-state index in [2.05, 4.69) is 42.2 Å². The minimum atomic E-state index is -1.07. The highest BCUT2D eigenvalue weighted by Gasteiger charge is 2.24. The number of benzene rings is 1. The fraction of sp³-hybridized carbons (Fsp3) is 0.267. The van der Waals surface area contributed by atoms with Crippen LogP contribution < -0.4 is 10.2 Å². The van der Waals surface area contributed by atoms with Crippen LogP contribution in [0, 0.1) is 0 Å². The van der Waals surface area contributed by atoms with Gasteiger partial charge in [0.25, 0.3) is 0 Å². The summed E-state index contributed by atoms with van der Waals surface area (Å²) in [5, 5.41) is 12.1. The van der Waals surface area contributed by atoms with Crippen LogP contribution in [0.15, 0.2) is 41.1 Å². The summed E-state index contributed by atoms with van der Waals surface area (Å²) in [5.41, 5.74) is 1.13. The third-order valence-corrected chi connectivity index (χ3v) is 4.27. The molecule has 22 heavy (non-hydrogen) atoms. The smallest absolute Gasteiger partial charge is 0.356 e. The highest BCUT2D eigenvalue weighted by molar-refractivity contribution is 9.10. The molecular weight excluding hydrogens is 348 g/mol. The second-order valence-electron chi connectivity index (χ2n) is 5.12. The van der Waals surface area contributed by atoms with E-state index >= 15 is 0 Å². The van der Waals surface area contributed by atoms with E-state index < -0.39 is 5.97 Å². The molecule has 1 aromatic heterocycles. The Morgan fingerprint density at radius 2 is 2.14 bits per heavy atom. The number of aromatic nitrogens is 2. The molecule has 1 aromatic carbocycles. The molecule has 1 aliphatic rings. The van der Waals surface area contributed by atoms with Crippen molar-refractivity contribution in [2.45, 2.75) is 12.5 Å². The maximum absolute atomic E-state index is 10.8. The molecule has 0 radical (unpaired) electrons. The van der Waals surface area contributed by atoms with Gasteiger partial charge in [0.15, 0.2) is 5.69 Å². The lowest BCUT2D eigenvalue weighted by molar-refractivity contribution is 0.0690. The van der Waals surface area contributed by atoms with Crippen molar-refractivity contribution in [2.75, 3.05) is 23.3 Å². The largest absolute Gasteiger partial charge is 0.476 e. The summed E-state index contributed by atoms with van der Waals surface area (Å²) in [5.74, 6) is -0.469. The molecule has 1 atom stereocenters. The maximum atomic E-state index is 10.8. The summed E-state index contributed by atoms with van der Waals surface area (Å²) >= 11 is 3.57. The van der Waals surface area contributed by atoms with Crippen molar-refractivity contribution in [2.24, 2.45) is 0 Å². The Bertz CT molecular complexity index is 677. The maximum Gasteiger partial charge on any atom is 0.356 e. The predicted octanol–water partition coefficient (Wildman–Crippen LogP) is 2.63. The average molecular weight is 363 g/mol. The Hall–Kier alpha value is -2.15. The predicted molar refractivity (Wildman–Crippen MR) is 87.4 cm³/mol. The molecule has 7 heteroatoms. The summed E-state index contributed by atoms with van der Waals surface area (Å²) in [7, 11) is 0. The number of rotatable bonds is 4. The van der Waals surface area contributed by atoms with E-state index in [0.29, 0.717) is 5.82 Å². The Kier molecular flexibility index (Phi) is 4.24. The van der Waals surface area contributed by atoms with Gasteiger partial charge in [-0.1, -0.05) is 12.1 Å². The molecule has 1 fully saturated rings. The zero-order valence-corrected chi connectivity index (χ0v) is 13.3. The standard InChI is InChI=1S/C15H15BrN4O2/c16-11-3-1-2-4-13(11)20-6-5-10(9-20)19-14-8-17-12(7-18-14)15(21)22/h1-4,7-8,10H,5-6,9H2,(H,18,19)(H,21,22). The first-order valence-electron chi connectivity index (χ1n) is 6.95. The SMILES string of the molecule is O=C(O)c1cnc(NC2CCN(c3ccccc3Br)C2)cn1. The number of carbonyl (C=O) groups is 1. The van der Waals surface area contributed by atoms with Crippen molar-refractivity contribution in [1.82, 2.24) is 9.97 Å². The second kappa shape index (κ2) is 6.31. The van der Waals surface area contributed by atoms with Crippen molar-refractivity contribution in [3.8, 4) is 0 Å². The molecule has 6 nitrogen and oxygen atoms in total. The van der Waals surface area contributed by atoms with Crippen LogP contribution in [0.25, 0.3) is 0 Å². The first kappa shape index (κ1) is 14.8. The molecule has 2 aromatic rings. The molecule has 1 aliphatic heterocycles.